The maximum absolute atomic E-state index is 12.0. The maximum atomic E-state index is 12.0. The Morgan fingerprint density at radius 1 is 1.50 bits per heavy atom. The van der Waals surface area contributed by atoms with Crippen molar-refractivity contribution in [1.82, 2.24) is 9.88 Å². The second-order valence-corrected chi connectivity index (χ2v) is 3.77. The molecule has 1 aromatic rings. The summed E-state index contributed by atoms with van der Waals surface area (Å²) in [5, 5.41) is 2.76. The zero-order valence-electron chi connectivity index (χ0n) is 10.1. The lowest BCUT2D eigenvalue weighted by atomic mass is 10.2. The topological polar surface area (TPSA) is 45.2 Å². The van der Waals surface area contributed by atoms with E-state index >= 15 is 0 Å². The number of carbonyl (C=O) groups is 1. The minimum Gasteiger partial charge on any atom is -0.373 e. The van der Waals surface area contributed by atoms with Crippen molar-refractivity contribution in [2.45, 2.75) is 12.6 Å². The Balaban J connectivity index is 2.68. The maximum Gasteiger partial charge on any atom is 0.390 e. The van der Waals surface area contributed by atoms with Gasteiger partial charge >= 0.3 is 6.18 Å². The molecule has 0 aliphatic heterocycles. The molecule has 0 saturated heterocycles. The van der Waals surface area contributed by atoms with Crippen LogP contribution in [0.25, 0.3) is 0 Å². The van der Waals surface area contributed by atoms with E-state index in [1.807, 2.05) is 0 Å². The predicted molar refractivity (Wildman–Crippen MR) is 61.4 cm³/mol. The van der Waals surface area contributed by atoms with Crippen LogP contribution in [0.1, 0.15) is 16.8 Å². The smallest absolute Gasteiger partial charge is 0.373 e. The van der Waals surface area contributed by atoms with E-state index in [0.29, 0.717) is 11.4 Å². The van der Waals surface area contributed by atoms with Crippen molar-refractivity contribution in [2.24, 2.45) is 0 Å². The van der Waals surface area contributed by atoms with Crippen molar-refractivity contribution >= 4 is 11.7 Å². The van der Waals surface area contributed by atoms with Crippen LogP contribution >= 0.6 is 0 Å². The Kier molecular flexibility index (Phi) is 4.52. The Hall–Kier alpha value is -1.79. The van der Waals surface area contributed by atoms with Gasteiger partial charge in [0.05, 0.1) is 6.42 Å². The van der Waals surface area contributed by atoms with Crippen LogP contribution in [-0.4, -0.2) is 42.6 Å². The lowest BCUT2D eigenvalue weighted by molar-refractivity contribution is -0.136. The van der Waals surface area contributed by atoms with E-state index < -0.39 is 18.5 Å². The Morgan fingerprint density at radius 3 is 2.72 bits per heavy atom. The summed E-state index contributed by atoms with van der Waals surface area (Å²) in [4.78, 5) is 16.8. The molecule has 18 heavy (non-hydrogen) atoms. The van der Waals surface area contributed by atoms with Crippen LogP contribution in [0, 0.1) is 0 Å². The molecule has 7 heteroatoms. The minimum absolute atomic E-state index is 0.305. The number of hydrogen-bond acceptors (Lipinski definition) is 3. The number of nitrogens with one attached hydrogen (secondary N) is 1. The van der Waals surface area contributed by atoms with E-state index in [4.69, 9.17) is 0 Å². The fourth-order valence-corrected chi connectivity index (χ4v) is 1.32. The summed E-state index contributed by atoms with van der Waals surface area (Å²) >= 11 is 0. The lowest BCUT2D eigenvalue weighted by Crippen LogP contribution is -2.30. The number of anilines is 1. The SMILES string of the molecule is CNc1cc(C(=O)N(C)CCC(F)(F)F)ccn1. The van der Waals surface area contributed by atoms with Gasteiger partial charge < -0.3 is 10.2 Å². The van der Waals surface area contributed by atoms with Crippen molar-refractivity contribution in [2.75, 3.05) is 26.0 Å². The van der Waals surface area contributed by atoms with Crippen molar-refractivity contribution < 1.29 is 18.0 Å². The fourth-order valence-electron chi connectivity index (χ4n) is 1.32. The number of aromatic nitrogens is 1. The second-order valence-electron chi connectivity index (χ2n) is 3.77. The molecule has 0 aromatic carbocycles. The van der Waals surface area contributed by atoms with Gasteiger partial charge in [-0.3, -0.25) is 4.79 Å². The van der Waals surface area contributed by atoms with Crippen LogP contribution in [0.2, 0.25) is 0 Å². The highest BCUT2D eigenvalue weighted by atomic mass is 19.4. The van der Waals surface area contributed by atoms with Gasteiger partial charge in [0.2, 0.25) is 0 Å². The molecule has 0 unspecified atom stereocenters. The van der Waals surface area contributed by atoms with Crippen LogP contribution in [0.5, 0.6) is 0 Å². The van der Waals surface area contributed by atoms with E-state index in [2.05, 4.69) is 10.3 Å². The van der Waals surface area contributed by atoms with Crippen LogP contribution < -0.4 is 5.32 Å². The monoisotopic (exact) mass is 261 g/mol. The van der Waals surface area contributed by atoms with Crippen LogP contribution in [0.4, 0.5) is 19.0 Å². The summed E-state index contributed by atoms with van der Waals surface area (Å²) in [6, 6.07) is 2.96. The van der Waals surface area contributed by atoms with Crippen molar-refractivity contribution in [3.63, 3.8) is 0 Å². The number of hydrogen-bond donors (Lipinski definition) is 1. The summed E-state index contributed by atoms with van der Waals surface area (Å²) in [5.41, 5.74) is 0.305. The molecule has 1 N–H and O–H groups in total. The van der Waals surface area contributed by atoms with Gasteiger partial charge in [0.1, 0.15) is 5.82 Å². The molecule has 4 nitrogen and oxygen atoms in total. The molecule has 0 atom stereocenters. The molecule has 0 saturated carbocycles. The van der Waals surface area contributed by atoms with Crippen molar-refractivity contribution in [1.29, 1.82) is 0 Å². The highest BCUT2D eigenvalue weighted by molar-refractivity contribution is 5.94. The minimum atomic E-state index is -4.26. The van der Waals surface area contributed by atoms with Crippen LogP contribution in [-0.2, 0) is 0 Å². The molecular weight excluding hydrogens is 247 g/mol. The van der Waals surface area contributed by atoms with E-state index in [-0.39, 0.29) is 6.54 Å². The molecular formula is C11H14F3N3O. The third-order valence-electron chi connectivity index (χ3n) is 2.34. The Bertz CT molecular complexity index is 420. The summed E-state index contributed by atoms with van der Waals surface area (Å²) in [6.07, 6.45) is -3.85. The molecule has 0 spiro atoms. The largest absolute Gasteiger partial charge is 0.390 e. The molecule has 0 aliphatic rings. The van der Waals surface area contributed by atoms with Crippen LogP contribution in [0.15, 0.2) is 18.3 Å². The number of amides is 1. The van der Waals surface area contributed by atoms with Gasteiger partial charge in [-0.15, -0.1) is 0 Å². The first-order chi connectivity index (χ1) is 8.33. The van der Waals surface area contributed by atoms with E-state index in [1.165, 1.54) is 25.4 Å². The molecule has 0 fully saturated rings. The van der Waals surface area contributed by atoms with E-state index in [9.17, 15) is 18.0 Å². The first-order valence-corrected chi connectivity index (χ1v) is 5.29. The lowest BCUT2D eigenvalue weighted by Gasteiger charge is -2.18. The number of alkyl halides is 3. The summed E-state index contributed by atoms with van der Waals surface area (Å²) in [5.74, 6) is 0.0308. The number of carbonyl (C=O) groups excluding carboxylic acids is 1. The summed E-state index contributed by atoms with van der Waals surface area (Å²) < 4.78 is 36.1. The highest BCUT2D eigenvalue weighted by Crippen LogP contribution is 2.20. The Morgan fingerprint density at radius 2 is 2.17 bits per heavy atom. The number of rotatable bonds is 4. The summed E-state index contributed by atoms with van der Waals surface area (Å²) in [7, 11) is 2.98. The van der Waals surface area contributed by atoms with Gasteiger partial charge in [0, 0.05) is 32.4 Å². The van der Waals surface area contributed by atoms with Gasteiger partial charge in [0.25, 0.3) is 5.91 Å². The molecule has 1 aromatic heterocycles. The molecule has 100 valence electrons. The third kappa shape index (κ3) is 4.23. The fraction of sp³-hybridized carbons (Fsp3) is 0.455. The molecule has 0 radical (unpaired) electrons. The zero-order chi connectivity index (χ0) is 13.8. The zero-order valence-corrected chi connectivity index (χ0v) is 10.1. The van der Waals surface area contributed by atoms with Crippen molar-refractivity contribution in [3.8, 4) is 0 Å². The Labute approximate surface area is 103 Å². The molecule has 1 amide bonds. The van der Waals surface area contributed by atoms with Gasteiger partial charge in [-0.05, 0) is 12.1 Å². The second kappa shape index (κ2) is 5.70. The normalized spacial score (nSPS) is 11.2. The van der Waals surface area contributed by atoms with Gasteiger partial charge in [-0.25, -0.2) is 4.98 Å². The molecule has 0 aliphatic carbocycles. The summed E-state index contributed by atoms with van der Waals surface area (Å²) in [6.45, 7) is -0.362. The first kappa shape index (κ1) is 14.3. The van der Waals surface area contributed by atoms with E-state index in [0.717, 1.165) is 4.90 Å². The van der Waals surface area contributed by atoms with Gasteiger partial charge in [-0.1, -0.05) is 0 Å². The molecule has 1 rings (SSSR count). The number of pyridine rings is 1. The standard InChI is InChI=1S/C11H14F3N3O/c1-15-9-7-8(3-5-16-9)10(18)17(2)6-4-11(12,13)14/h3,5,7H,4,6H2,1-2H3,(H,15,16). The van der Waals surface area contributed by atoms with E-state index in [1.54, 1.807) is 7.05 Å². The van der Waals surface area contributed by atoms with Crippen LogP contribution in [0.3, 0.4) is 0 Å². The number of halogens is 3. The average molecular weight is 261 g/mol. The molecule has 0 bridgehead atoms. The third-order valence-corrected chi connectivity index (χ3v) is 2.34. The molecule has 1 heterocycles. The van der Waals surface area contributed by atoms with Gasteiger partial charge in [0.15, 0.2) is 0 Å². The first-order valence-electron chi connectivity index (χ1n) is 5.29. The van der Waals surface area contributed by atoms with Crippen molar-refractivity contribution in [3.05, 3.63) is 23.9 Å². The predicted octanol–water partition coefficient (Wildman–Crippen LogP) is 2.15. The van der Waals surface area contributed by atoms with Gasteiger partial charge in [-0.2, -0.15) is 13.2 Å². The number of nitrogens with zero attached hydrogens (tertiary/aromatic N) is 2. The average Bonchev–Trinajstić information content (AvgIpc) is 2.34. The quantitative estimate of drug-likeness (QED) is 0.903. The highest BCUT2D eigenvalue weighted by Gasteiger charge is 2.28.